The maximum atomic E-state index is 11.6. The van der Waals surface area contributed by atoms with Crippen LogP contribution in [0.4, 0.5) is 9.59 Å². The molecule has 0 aromatic heterocycles. The van der Waals surface area contributed by atoms with Gasteiger partial charge in [-0.2, -0.15) is 0 Å². The number of ether oxygens (including phenoxy) is 4. The van der Waals surface area contributed by atoms with E-state index >= 15 is 0 Å². The molecule has 3 rings (SSSR count). The highest BCUT2D eigenvalue weighted by Crippen LogP contribution is 2.62. The molecule has 0 aliphatic heterocycles. The number of hydrogen-bond donors (Lipinski definition) is 0. The molecule has 6 nitrogen and oxygen atoms in total. The second-order valence-electron chi connectivity index (χ2n) is 8.05. The minimum atomic E-state index is -0.634. The Morgan fingerprint density at radius 2 is 1.36 bits per heavy atom. The molecule has 0 aromatic rings. The number of terminal acetylenes is 2. The molecule has 6 unspecified atom stereocenters. The van der Waals surface area contributed by atoms with Crippen LogP contribution < -0.4 is 0 Å². The van der Waals surface area contributed by atoms with Gasteiger partial charge in [0.15, 0.2) is 0 Å². The summed E-state index contributed by atoms with van der Waals surface area (Å²) in [5.41, 5.74) is 0. The summed E-state index contributed by atoms with van der Waals surface area (Å²) in [7, 11) is 0. The lowest BCUT2D eigenvalue weighted by molar-refractivity contribution is 0.0301. The van der Waals surface area contributed by atoms with Crippen LogP contribution in [-0.2, 0) is 18.9 Å². The van der Waals surface area contributed by atoms with Crippen molar-refractivity contribution in [2.24, 2.45) is 35.5 Å². The molecule has 0 saturated heterocycles. The molecule has 0 heterocycles. The molecule has 28 heavy (non-hydrogen) atoms. The van der Waals surface area contributed by atoms with Gasteiger partial charge in [-0.15, -0.1) is 24.7 Å². The smallest absolute Gasteiger partial charge is 0.434 e. The van der Waals surface area contributed by atoms with Crippen molar-refractivity contribution in [2.45, 2.75) is 38.5 Å². The highest BCUT2D eigenvalue weighted by atomic mass is 16.7. The standard InChI is InChI=1S/C22H28O6/c1-3-5-7-25-21(23)27-13-15-9-18-16-11-17(19(12-16)20(18)10-15)14-28-22(24)26-8-6-4-2/h1-2,15-20H,5-14H2. The van der Waals surface area contributed by atoms with E-state index in [0.29, 0.717) is 61.6 Å². The van der Waals surface area contributed by atoms with Crippen LogP contribution in [0.15, 0.2) is 0 Å². The number of fused-ring (bicyclic) bond motifs is 5. The quantitative estimate of drug-likeness (QED) is 0.359. The Kier molecular flexibility index (Phi) is 7.09. The van der Waals surface area contributed by atoms with E-state index in [-0.39, 0.29) is 13.2 Å². The van der Waals surface area contributed by atoms with Gasteiger partial charge in [0.2, 0.25) is 0 Å². The zero-order chi connectivity index (χ0) is 19.9. The fraction of sp³-hybridized carbons (Fsp3) is 0.727. The van der Waals surface area contributed by atoms with Crippen LogP contribution in [0.2, 0.25) is 0 Å². The van der Waals surface area contributed by atoms with Crippen molar-refractivity contribution in [1.82, 2.24) is 0 Å². The second kappa shape index (κ2) is 9.73. The SMILES string of the molecule is C#CCCOC(=O)OCC1CC2C3CC(COC(=O)OCCC#C)C(C3)C2C1. The maximum absolute atomic E-state index is 11.6. The number of rotatable bonds is 8. The molecule has 3 aliphatic carbocycles. The predicted molar refractivity (Wildman–Crippen MR) is 101 cm³/mol. The Bertz CT molecular complexity index is 644. The van der Waals surface area contributed by atoms with Crippen molar-refractivity contribution in [2.75, 3.05) is 26.4 Å². The molecular weight excluding hydrogens is 360 g/mol. The van der Waals surface area contributed by atoms with E-state index < -0.39 is 12.3 Å². The van der Waals surface area contributed by atoms with E-state index in [4.69, 9.17) is 31.8 Å². The molecule has 0 amide bonds. The fourth-order valence-corrected chi connectivity index (χ4v) is 5.48. The van der Waals surface area contributed by atoms with Crippen LogP contribution in [0.5, 0.6) is 0 Å². The van der Waals surface area contributed by atoms with Gasteiger partial charge >= 0.3 is 12.3 Å². The summed E-state index contributed by atoms with van der Waals surface area (Å²) < 4.78 is 20.4. The monoisotopic (exact) mass is 388 g/mol. The van der Waals surface area contributed by atoms with Crippen LogP contribution in [0.1, 0.15) is 38.5 Å². The second-order valence-corrected chi connectivity index (χ2v) is 8.05. The van der Waals surface area contributed by atoms with E-state index in [1.807, 2.05) is 0 Å². The molecule has 0 spiro atoms. The highest BCUT2D eigenvalue weighted by Gasteiger charge is 2.56. The molecule has 6 heteroatoms. The fourth-order valence-electron chi connectivity index (χ4n) is 5.48. The number of carbonyl (C=O) groups is 2. The molecule has 152 valence electrons. The normalized spacial score (nSPS) is 32.1. The lowest BCUT2D eigenvalue weighted by Crippen LogP contribution is -2.28. The van der Waals surface area contributed by atoms with E-state index in [2.05, 4.69) is 11.8 Å². The summed E-state index contributed by atoms with van der Waals surface area (Å²) in [6.45, 7) is 1.22. The Balaban J connectivity index is 1.38. The summed E-state index contributed by atoms with van der Waals surface area (Å²) in [6, 6.07) is 0. The van der Waals surface area contributed by atoms with Gasteiger partial charge in [0.25, 0.3) is 0 Å². The molecule has 6 atom stereocenters. The van der Waals surface area contributed by atoms with Crippen molar-refractivity contribution in [3.05, 3.63) is 0 Å². The minimum Gasteiger partial charge on any atom is -0.434 e. The van der Waals surface area contributed by atoms with Crippen LogP contribution >= 0.6 is 0 Å². The van der Waals surface area contributed by atoms with E-state index in [9.17, 15) is 9.59 Å². The first kappa shape index (κ1) is 20.4. The van der Waals surface area contributed by atoms with Crippen molar-refractivity contribution in [3.8, 4) is 24.7 Å². The van der Waals surface area contributed by atoms with Gasteiger partial charge in [0.1, 0.15) is 13.2 Å². The maximum Gasteiger partial charge on any atom is 0.508 e. The molecule has 3 fully saturated rings. The molecule has 0 aromatic carbocycles. The van der Waals surface area contributed by atoms with Crippen LogP contribution in [0.3, 0.4) is 0 Å². The zero-order valence-electron chi connectivity index (χ0n) is 16.1. The van der Waals surface area contributed by atoms with Gasteiger partial charge in [-0.1, -0.05) is 0 Å². The molecule has 3 aliphatic rings. The van der Waals surface area contributed by atoms with Crippen LogP contribution in [0, 0.1) is 60.2 Å². The Morgan fingerprint density at radius 1 is 0.750 bits per heavy atom. The highest BCUT2D eigenvalue weighted by molar-refractivity contribution is 5.60. The van der Waals surface area contributed by atoms with Gasteiger partial charge in [-0.3, -0.25) is 0 Å². The van der Waals surface area contributed by atoms with Crippen molar-refractivity contribution in [3.63, 3.8) is 0 Å². The van der Waals surface area contributed by atoms with Gasteiger partial charge in [0.05, 0.1) is 13.2 Å². The molecular formula is C22H28O6. The zero-order valence-corrected chi connectivity index (χ0v) is 16.1. The Labute approximate surface area is 166 Å². The van der Waals surface area contributed by atoms with Gasteiger partial charge < -0.3 is 18.9 Å². The summed E-state index contributed by atoms with van der Waals surface area (Å²) in [5.74, 6) is 8.24. The third kappa shape index (κ3) is 4.93. The topological polar surface area (TPSA) is 71.1 Å². The summed E-state index contributed by atoms with van der Waals surface area (Å²) in [4.78, 5) is 23.2. The summed E-state index contributed by atoms with van der Waals surface area (Å²) in [5, 5.41) is 0. The minimum absolute atomic E-state index is 0.197. The Hall–Kier alpha value is -2.34. The van der Waals surface area contributed by atoms with Gasteiger partial charge in [-0.25, -0.2) is 9.59 Å². The van der Waals surface area contributed by atoms with Crippen LogP contribution in [0.25, 0.3) is 0 Å². The lowest BCUT2D eigenvalue weighted by atomic mass is 9.76. The van der Waals surface area contributed by atoms with E-state index in [0.717, 1.165) is 19.3 Å². The number of hydrogen-bond acceptors (Lipinski definition) is 6. The van der Waals surface area contributed by atoms with E-state index in [1.54, 1.807) is 0 Å². The first-order chi connectivity index (χ1) is 13.6. The van der Waals surface area contributed by atoms with Crippen molar-refractivity contribution in [1.29, 1.82) is 0 Å². The van der Waals surface area contributed by atoms with Gasteiger partial charge in [-0.05, 0) is 61.2 Å². The third-order valence-electron chi connectivity index (χ3n) is 6.49. The van der Waals surface area contributed by atoms with Crippen LogP contribution in [-0.4, -0.2) is 38.7 Å². The van der Waals surface area contributed by atoms with E-state index in [1.165, 1.54) is 6.42 Å². The third-order valence-corrected chi connectivity index (χ3v) is 6.49. The molecule has 2 bridgehead atoms. The first-order valence-electron chi connectivity index (χ1n) is 10.1. The summed E-state index contributed by atoms with van der Waals surface area (Å²) in [6.07, 6.45) is 14.3. The average Bonchev–Trinajstić information content (AvgIpc) is 3.36. The lowest BCUT2D eigenvalue weighted by Gasteiger charge is -2.30. The molecule has 0 radical (unpaired) electrons. The van der Waals surface area contributed by atoms with Crippen molar-refractivity contribution < 1.29 is 28.5 Å². The predicted octanol–water partition coefficient (Wildman–Crippen LogP) is 3.64. The first-order valence-corrected chi connectivity index (χ1v) is 10.1. The average molecular weight is 388 g/mol. The molecule has 0 N–H and O–H groups in total. The number of carbonyl (C=O) groups excluding carboxylic acids is 2. The summed E-state index contributed by atoms with van der Waals surface area (Å²) >= 11 is 0. The Morgan fingerprint density at radius 3 is 2.00 bits per heavy atom. The van der Waals surface area contributed by atoms with Crippen molar-refractivity contribution >= 4 is 12.3 Å². The molecule has 3 saturated carbocycles. The largest absolute Gasteiger partial charge is 0.508 e. The van der Waals surface area contributed by atoms with Gasteiger partial charge in [0, 0.05) is 12.8 Å².